The van der Waals surface area contributed by atoms with Crippen molar-refractivity contribution in [1.29, 1.82) is 0 Å². The van der Waals surface area contributed by atoms with Gasteiger partial charge >= 0.3 is 6.18 Å². The largest absolute Gasteiger partial charge is 0.418 e. The summed E-state index contributed by atoms with van der Waals surface area (Å²) in [6.07, 6.45) is -2.11. The summed E-state index contributed by atoms with van der Waals surface area (Å²) >= 11 is 0. The summed E-state index contributed by atoms with van der Waals surface area (Å²) in [5.74, 6) is -1.99. The molecule has 0 spiro atoms. The second kappa shape index (κ2) is 8.36. The maximum atomic E-state index is 13.5. The van der Waals surface area contributed by atoms with Crippen molar-refractivity contribution in [2.24, 2.45) is 0 Å². The lowest BCUT2D eigenvalue weighted by molar-refractivity contribution is -0.136. The Morgan fingerprint density at radius 1 is 1.00 bits per heavy atom. The third-order valence-corrected chi connectivity index (χ3v) is 4.16. The molecule has 0 saturated carbocycles. The van der Waals surface area contributed by atoms with Crippen LogP contribution in [0.25, 0.3) is 0 Å². The SMILES string of the molecule is CCn1cc(C(=O)Nc2ccc(NC(=O)c3ccc(F)cc3)cc2C(F)(F)F)cn1. The highest BCUT2D eigenvalue weighted by atomic mass is 19.4. The lowest BCUT2D eigenvalue weighted by Crippen LogP contribution is -2.18. The number of aromatic nitrogens is 2. The molecule has 0 saturated heterocycles. The van der Waals surface area contributed by atoms with Gasteiger partial charge in [-0.1, -0.05) is 0 Å². The van der Waals surface area contributed by atoms with Crippen LogP contribution in [0.1, 0.15) is 33.2 Å². The van der Waals surface area contributed by atoms with E-state index in [9.17, 15) is 27.2 Å². The lowest BCUT2D eigenvalue weighted by Gasteiger charge is -2.15. The molecule has 1 aromatic heterocycles. The van der Waals surface area contributed by atoms with Gasteiger partial charge in [0.15, 0.2) is 0 Å². The third-order valence-electron chi connectivity index (χ3n) is 4.16. The van der Waals surface area contributed by atoms with E-state index in [2.05, 4.69) is 15.7 Å². The molecule has 0 unspecified atom stereocenters. The second-order valence-electron chi connectivity index (χ2n) is 6.26. The molecule has 2 amide bonds. The summed E-state index contributed by atoms with van der Waals surface area (Å²) in [6.45, 7) is 2.30. The number of amides is 2. The van der Waals surface area contributed by atoms with E-state index in [1.165, 1.54) is 35.3 Å². The van der Waals surface area contributed by atoms with Crippen molar-refractivity contribution in [3.05, 3.63) is 77.4 Å². The van der Waals surface area contributed by atoms with E-state index in [1.54, 1.807) is 6.92 Å². The Labute approximate surface area is 168 Å². The molecular weight excluding hydrogens is 404 g/mol. The molecule has 10 heteroatoms. The molecule has 0 radical (unpaired) electrons. The zero-order valence-corrected chi connectivity index (χ0v) is 15.6. The molecule has 30 heavy (non-hydrogen) atoms. The molecule has 2 N–H and O–H groups in total. The molecule has 0 aliphatic rings. The number of aryl methyl sites for hydroxylation is 1. The van der Waals surface area contributed by atoms with E-state index in [4.69, 9.17) is 0 Å². The molecule has 1 heterocycles. The first kappa shape index (κ1) is 21.0. The highest BCUT2D eigenvalue weighted by molar-refractivity contribution is 6.06. The molecule has 2 aromatic carbocycles. The fraction of sp³-hybridized carbons (Fsp3) is 0.150. The summed E-state index contributed by atoms with van der Waals surface area (Å²) in [6, 6.07) is 7.53. The average molecular weight is 420 g/mol. The standard InChI is InChI=1S/C20H16F4N4O2/c1-2-28-11-13(10-25-28)19(30)27-17-8-7-15(9-16(17)20(22,23)24)26-18(29)12-3-5-14(21)6-4-12/h3-11H,2H2,1H3,(H,26,29)(H,27,30). The minimum atomic E-state index is -4.78. The molecule has 6 nitrogen and oxygen atoms in total. The quantitative estimate of drug-likeness (QED) is 0.594. The van der Waals surface area contributed by atoms with Crippen molar-refractivity contribution in [3.8, 4) is 0 Å². The van der Waals surface area contributed by atoms with Crippen LogP contribution >= 0.6 is 0 Å². The normalized spacial score (nSPS) is 11.2. The molecule has 0 atom stereocenters. The smallest absolute Gasteiger partial charge is 0.322 e. The Hall–Kier alpha value is -3.69. The van der Waals surface area contributed by atoms with E-state index in [0.29, 0.717) is 12.6 Å². The monoisotopic (exact) mass is 420 g/mol. The Morgan fingerprint density at radius 3 is 2.27 bits per heavy atom. The second-order valence-corrected chi connectivity index (χ2v) is 6.26. The predicted octanol–water partition coefficient (Wildman–Crippen LogP) is 4.57. The highest BCUT2D eigenvalue weighted by Crippen LogP contribution is 2.37. The third kappa shape index (κ3) is 4.83. The van der Waals surface area contributed by atoms with Crippen LogP contribution < -0.4 is 10.6 Å². The predicted molar refractivity (Wildman–Crippen MR) is 102 cm³/mol. The molecule has 156 valence electrons. The van der Waals surface area contributed by atoms with Gasteiger partial charge in [0.1, 0.15) is 5.82 Å². The van der Waals surface area contributed by atoms with Crippen molar-refractivity contribution in [1.82, 2.24) is 9.78 Å². The van der Waals surface area contributed by atoms with Crippen molar-refractivity contribution in [2.75, 3.05) is 10.6 Å². The Balaban J connectivity index is 1.83. The molecule has 0 aliphatic carbocycles. The summed E-state index contributed by atoms with van der Waals surface area (Å²) in [5.41, 5.74) is -1.53. The Kier molecular flexibility index (Phi) is 5.86. The maximum absolute atomic E-state index is 13.5. The van der Waals surface area contributed by atoms with Gasteiger partial charge in [-0.3, -0.25) is 14.3 Å². The fourth-order valence-electron chi connectivity index (χ4n) is 2.62. The van der Waals surface area contributed by atoms with E-state index in [1.807, 2.05) is 0 Å². The van der Waals surface area contributed by atoms with Gasteiger partial charge < -0.3 is 10.6 Å². The zero-order valence-electron chi connectivity index (χ0n) is 15.6. The first-order valence-electron chi connectivity index (χ1n) is 8.79. The first-order valence-corrected chi connectivity index (χ1v) is 8.79. The van der Waals surface area contributed by atoms with Crippen molar-refractivity contribution in [3.63, 3.8) is 0 Å². The van der Waals surface area contributed by atoms with Gasteiger partial charge in [0.2, 0.25) is 0 Å². The number of alkyl halides is 3. The fourth-order valence-corrected chi connectivity index (χ4v) is 2.62. The van der Waals surface area contributed by atoms with E-state index < -0.39 is 35.1 Å². The maximum Gasteiger partial charge on any atom is 0.418 e. The van der Waals surface area contributed by atoms with Crippen molar-refractivity contribution >= 4 is 23.2 Å². The Bertz CT molecular complexity index is 1080. The van der Waals surface area contributed by atoms with Crippen LogP contribution in [-0.2, 0) is 12.7 Å². The van der Waals surface area contributed by atoms with Crippen LogP contribution in [-0.4, -0.2) is 21.6 Å². The number of rotatable bonds is 5. The van der Waals surface area contributed by atoms with Crippen LogP contribution in [0.3, 0.4) is 0 Å². The van der Waals surface area contributed by atoms with Gasteiger partial charge in [-0.2, -0.15) is 18.3 Å². The van der Waals surface area contributed by atoms with E-state index in [0.717, 1.165) is 18.2 Å². The molecule has 3 rings (SSSR count). The van der Waals surface area contributed by atoms with E-state index in [-0.39, 0.29) is 16.8 Å². The van der Waals surface area contributed by atoms with Gasteiger partial charge in [0, 0.05) is 24.0 Å². The molecule has 0 fully saturated rings. The van der Waals surface area contributed by atoms with Gasteiger partial charge in [0.25, 0.3) is 11.8 Å². The average Bonchev–Trinajstić information content (AvgIpc) is 3.18. The topological polar surface area (TPSA) is 76.0 Å². The molecule has 0 bridgehead atoms. The minimum absolute atomic E-state index is 0.0790. The minimum Gasteiger partial charge on any atom is -0.322 e. The van der Waals surface area contributed by atoms with Crippen LogP contribution in [0.15, 0.2) is 54.9 Å². The number of halogens is 4. The molecule has 3 aromatic rings. The molecular formula is C20H16F4N4O2. The number of hydrogen-bond donors (Lipinski definition) is 2. The van der Waals surface area contributed by atoms with Gasteiger partial charge in [-0.15, -0.1) is 0 Å². The van der Waals surface area contributed by atoms with Crippen molar-refractivity contribution in [2.45, 2.75) is 19.6 Å². The van der Waals surface area contributed by atoms with Gasteiger partial charge in [0.05, 0.1) is 23.0 Å². The highest BCUT2D eigenvalue weighted by Gasteiger charge is 2.34. The first-order chi connectivity index (χ1) is 14.2. The van der Waals surface area contributed by atoms with Crippen LogP contribution in [0, 0.1) is 5.82 Å². The molecule has 0 aliphatic heterocycles. The van der Waals surface area contributed by atoms with Gasteiger partial charge in [-0.05, 0) is 49.4 Å². The summed E-state index contributed by atoms with van der Waals surface area (Å²) in [4.78, 5) is 24.4. The van der Waals surface area contributed by atoms with E-state index >= 15 is 0 Å². The number of nitrogens with one attached hydrogen (secondary N) is 2. The number of benzene rings is 2. The summed E-state index contributed by atoms with van der Waals surface area (Å²) < 4.78 is 55.0. The van der Waals surface area contributed by atoms with Crippen LogP contribution in [0.4, 0.5) is 28.9 Å². The zero-order chi connectivity index (χ0) is 21.9. The number of carbonyl (C=O) groups excluding carboxylic acids is 2. The lowest BCUT2D eigenvalue weighted by atomic mass is 10.1. The number of anilines is 2. The van der Waals surface area contributed by atoms with Gasteiger partial charge in [-0.25, -0.2) is 4.39 Å². The number of nitrogens with zero attached hydrogens (tertiary/aromatic N) is 2. The number of carbonyl (C=O) groups is 2. The van der Waals surface area contributed by atoms with Crippen LogP contribution in [0.2, 0.25) is 0 Å². The summed E-state index contributed by atoms with van der Waals surface area (Å²) in [7, 11) is 0. The number of hydrogen-bond acceptors (Lipinski definition) is 3. The van der Waals surface area contributed by atoms with Crippen molar-refractivity contribution < 1.29 is 27.2 Å². The summed E-state index contributed by atoms with van der Waals surface area (Å²) in [5, 5.41) is 8.46. The van der Waals surface area contributed by atoms with Crippen LogP contribution in [0.5, 0.6) is 0 Å². The Morgan fingerprint density at radius 2 is 1.67 bits per heavy atom.